The molecule has 0 spiro atoms. The predicted molar refractivity (Wildman–Crippen MR) is 92.1 cm³/mol. The molecule has 2 N–H and O–H groups in total. The van der Waals surface area contributed by atoms with Crippen LogP contribution in [0.4, 0.5) is 5.69 Å². The molecule has 25 heavy (non-hydrogen) atoms. The van der Waals surface area contributed by atoms with E-state index in [0.717, 1.165) is 16.6 Å². The van der Waals surface area contributed by atoms with Gasteiger partial charge in [0.15, 0.2) is 0 Å². The summed E-state index contributed by atoms with van der Waals surface area (Å²) in [6.45, 7) is 1.14. The third-order valence-electron chi connectivity index (χ3n) is 4.63. The van der Waals surface area contributed by atoms with Crippen molar-refractivity contribution in [3.8, 4) is 0 Å². The SMILES string of the molecule is O=C(Nc1ccc2[nH]ncc2c1)C1CCN(C(=O)c2ccoc2)CC1. The second-order valence-corrected chi connectivity index (χ2v) is 6.24. The van der Waals surface area contributed by atoms with Gasteiger partial charge >= 0.3 is 0 Å². The number of furan rings is 1. The number of carbonyl (C=O) groups is 2. The second-order valence-electron chi connectivity index (χ2n) is 6.24. The molecule has 2 amide bonds. The van der Waals surface area contributed by atoms with Crippen LogP contribution >= 0.6 is 0 Å². The largest absolute Gasteiger partial charge is 0.472 e. The lowest BCUT2D eigenvalue weighted by atomic mass is 9.95. The first kappa shape index (κ1) is 15.4. The van der Waals surface area contributed by atoms with Gasteiger partial charge in [0.25, 0.3) is 5.91 Å². The minimum Gasteiger partial charge on any atom is -0.472 e. The van der Waals surface area contributed by atoms with Gasteiger partial charge in [-0.25, -0.2) is 0 Å². The monoisotopic (exact) mass is 338 g/mol. The Bertz CT molecular complexity index is 892. The van der Waals surface area contributed by atoms with Crippen molar-refractivity contribution in [3.63, 3.8) is 0 Å². The Morgan fingerprint density at radius 2 is 2.08 bits per heavy atom. The summed E-state index contributed by atoms with van der Waals surface area (Å²) in [5.74, 6) is -0.135. The number of aromatic amines is 1. The molecule has 1 fully saturated rings. The molecule has 7 heteroatoms. The Hall–Kier alpha value is -3.09. The highest BCUT2D eigenvalue weighted by molar-refractivity contribution is 5.96. The van der Waals surface area contributed by atoms with Crippen LogP contribution in [-0.4, -0.2) is 40.0 Å². The summed E-state index contributed by atoms with van der Waals surface area (Å²) in [5, 5.41) is 10.8. The molecule has 1 saturated heterocycles. The lowest BCUT2D eigenvalue weighted by Crippen LogP contribution is -2.41. The van der Waals surface area contributed by atoms with Crippen molar-refractivity contribution in [1.29, 1.82) is 0 Å². The number of benzene rings is 1. The molecule has 1 aromatic carbocycles. The lowest BCUT2D eigenvalue weighted by Gasteiger charge is -2.31. The topological polar surface area (TPSA) is 91.2 Å². The van der Waals surface area contributed by atoms with Crippen molar-refractivity contribution in [3.05, 3.63) is 48.6 Å². The van der Waals surface area contributed by atoms with E-state index in [1.807, 2.05) is 18.2 Å². The molecule has 3 aromatic rings. The Morgan fingerprint density at radius 1 is 1.24 bits per heavy atom. The van der Waals surface area contributed by atoms with Gasteiger partial charge in [0.05, 0.1) is 23.5 Å². The van der Waals surface area contributed by atoms with Crippen molar-refractivity contribution in [2.45, 2.75) is 12.8 Å². The van der Waals surface area contributed by atoms with Crippen LogP contribution in [0.1, 0.15) is 23.2 Å². The molecular weight excluding hydrogens is 320 g/mol. The van der Waals surface area contributed by atoms with E-state index in [2.05, 4.69) is 15.5 Å². The van der Waals surface area contributed by atoms with E-state index in [9.17, 15) is 9.59 Å². The van der Waals surface area contributed by atoms with Crippen LogP contribution in [0.5, 0.6) is 0 Å². The van der Waals surface area contributed by atoms with E-state index in [-0.39, 0.29) is 17.7 Å². The number of amides is 2. The summed E-state index contributed by atoms with van der Waals surface area (Å²) in [6, 6.07) is 7.31. The minimum absolute atomic E-state index is 0.00162. The number of hydrogen-bond donors (Lipinski definition) is 2. The van der Waals surface area contributed by atoms with Crippen LogP contribution in [0.3, 0.4) is 0 Å². The van der Waals surface area contributed by atoms with Gasteiger partial charge in [-0.3, -0.25) is 14.7 Å². The number of likely N-dealkylation sites (tertiary alicyclic amines) is 1. The maximum Gasteiger partial charge on any atom is 0.257 e. The fourth-order valence-corrected chi connectivity index (χ4v) is 3.18. The number of nitrogens with zero attached hydrogens (tertiary/aromatic N) is 2. The molecular formula is C18H18N4O3. The molecule has 0 saturated carbocycles. The third kappa shape index (κ3) is 3.13. The van der Waals surface area contributed by atoms with Crippen LogP contribution < -0.4 is 5.32 Å². The first-order chi connectivity index (χ1) is 12.2. The molecule has 0 atom stereocenters. The van der Waals surface area contributed by atoms with E-state index < -0.39 is 0 Å². The number of rotatable bonds is 3. The van der Waals surface area contributed by atoms with Crippen molar-refractivity contribution >= 4 is 28.4 Å². The van der Waals surface area contributed by atoms with Crippen LogP contribution in [0.2, 0.25) is 0 Å². The average molecular weight is 338 g/mol. The number of anilines is 1. The Balaban J connectivity index is 1.35. The fourth-order valence-electron chi connectivity index (χ4n) is 3.18. The number of aromatic nitrogens is 2. The molecule has 7 nitrogen and oxygen atoms in total. The molecule has 1 aliphatic heterocycles. The summed E-state index contributed by atoms with van der Waals surface area (Å²) in [7, 11) is 0. The van der Waals surface area contributed by atoms with Gasteiger partial charge < -0.3 is 14.6 Å². The highest BCUT2D eigenvalue weighted by Crippen LogP contribution is 2.22. The number of piperidine rings is 1. The summed E-state index contributed by atoms with van der Waals surface area (Å²) in [4.78, 5) is 26.5. The van der Waals surface area contributed by atoms with Gasteiger partial charge in [-0.05, 0) is 37.1 Å². The standard InChI is InChI=1S/C18H18N4O3/c23-17(20-15-1-2-16-14(9-15)10-19-21-16)12-3-6-22(7-4-12)18(24)13-5-8-25-11-13/h1-2,5,8-12H,3-4,6-7H2,(H,19,21)(H,20,23). The van der Waals surface area contributed by atoms with Crippen LogP contribution in [-0.2, 0) is 4.79 Å². The van der Waals surface area contributed by atoms with Gasteiger partial charge in [0.1, 0.15) is 6.26 Å². The predicted octanol–water partition coefficient (Wildman–Crippen LogP) is 2.65. The van der Waals surface area contributed by atoms with E-state index in [1.54, 1.807) is 17.2 Å². The fraction of sp³-hybridized carbons (Fsp3) is 0.278. The van der Waals surface area contributed by atoms with E-state index in [0.29, 0.717) is 31.5 Å². The Labute approximate surface area is 144 Å². The van der Waals surface area contributed by atoms with Gasteiger partial charge in [0, 0.05) is 30.1 Å². The summed E-state index contributed by atoms with van der Waals surface area (Å²) < 4.78 is 4.96. The smallest absolute Gasteiger partial charge is 0.257 e. The molecule has 2 aromatic heterocycles. The van der Waals surface area contributed by atoms with Crippen molar-refractivity contribution in [1.82, 2.24) is 15.1 Å². The zero-order valence-corrected chi connectivity index (χ0v) is 13.6. The van der Waals surface area contributed by atoms with Gasteiger partial charge in [-0.1, -0.05) is 0 Å². The normalized spacial score (nSPS) is 15.4. The maximum absolute atomic E-state index is 12.5. The van der Waals surface area contributed by atoms with E-state index in [4.69, 9.17) is 4.42 Å². The quantitative estimate of drug-likeness (QED) is 0.768. The number of carbonyl (C=O) groups excluding carboxylic acids is 2. The second kappa shape index (κ2) is 6.43. The molecule has 3 heterocycles. The zero-order valence-electron chi connectivity index (χ0n) is 13.6. The lowest BCUT2D eigenvalue weighted by molar-refractivity contribution is -0.121. The van der Waals surface area contributed by atoms with Crippen molar-refractivity contribution in [2.75, 3.05) is 18.4 Å². The highest BCUT2D eigenvalue weighted by Gasteiger charge is 2.28. The molecule has 4 rings (SSSR count). The molecule has 128 valence electrons. The van der Waals surface area contributed by atoms with Crippen molar-refractivity contribution in [2.24, 2.45) is 5.92 Å². The van der Waals surface area contributed by atoms with Gasteiger partial charge in [-0.15, -0.1) is 0 Å². The Kier molecular flexibility index (Phi) is 3.97. The summed E-state index contributed by atoms with van der Waals surface area (Å²) in [5.41, 5.74) is 2.25. The molecule has 0 aliphatic carbocycles. The van der Waals surface area contributed by atoms with Gasteiger partial charge in [-0.2, -0.15) is 5.10 Å². The first-order valence-corrected chi connectivity index (χ1v) is 8.26. The molecule has 0 radical (unpaired) electrons. The maximum atomic E-state index is 12.5. The third-order valence-corrected chi connectivity index (χ3v) is 4.63. The first-order valence-electron chi connectivity index (χ1n) is 8.26. The average Bonchev–Trinajstić information content (AvgIpc) is 3.32. The number of H-pyrrole nitrogens is 1. The minimum atomic E-state index is -0.0894. The van der Waals surface area contributed by atoms with E-state index in [1.165, 1.54) is 12.5 Å². The number of fused-ring (bicyclic) bond motifs is 1. The van der Waals surface area contributed by atoms with Crippen LogP contribution in [0, 0.1) is 5.92 Å². The van der Waals surface area contributed by atoms with Crippen LogP contribution in [0.25, 0.3) is 10.9 Å². The van der Waals surface area contributed by atoms with E-state index >= 15 is 0 Å². The zero-order chi connectivity index (χ0) is 17.2. The summed E-state index contributed by atoms with van der Waals surface area (Å²) >= 11 is 0. The summed E-state index contributed by atoms with van der Waals surface area (Å²) in [6.07, 6.45) is 5.98. The van der Waals surface area contributed by atoms with Crippen molar-refractivity contribution < 1.29 is 14.0 Å². The molecule has 0 bridgehead atoms. The van der Waals surface area contributed by atoms with Crippen LogP contribution in [0.15, 0.2) is 47.4 Å². The number of hydrogen-bond acceptors (Lipinski definition) is 4. The molecule has 0 unspecified atom stereocenters. The van der Waals surface area contributed by atoms with Gasteiger partial charge in [0.2, 0.25) is 5.91 Å². The molecule has 1 aliphatic rings. The Morgan fingerprint density at radius 3 is 2.84 bits per heavy atom. The number of nitrogens with one attached hydrogen (secondary N) is 2. The highest BCUT2D eigenvalue weighted by atomic mass is 16.3.